The van der Waals surface area contributed by atoms with Gasteiger partial charge >= 0.3 is 0 Å². The Hall–Kier alpha value is -3.21. The van der Waals surface area contributed by atoms with Crippen molar-refractivity contribution in [3.63, 3.8) is 0 Å². The highest BCUT2D eigenvalue weighted by molar-refractivity contribution is 6.01. The molecule has 2 aromatic rings. The number of anilines is 1. The lowest BCUT2D eigenvalue weighted by molar-refractivity contribution is 0.342. The van der Waals surface area contributed by atoms with E-state index in [9.17, 15) is 4.39 Å². The molecule has 34 heavy (non-hydrogen) atoms. The van der Waals surface area contributed by atoms with Gasteiger partial charge in [-0.15, -0.1) is 0 Å². The van der Waals surface area contributed by atoms with Crippen molar-refractivity contribution in [1.82, 2.24) is 9.88 Å². The van der Waals surface area contributed by atoms with Crippen molar-refractivity contribution < 1.29 is 4.39 Å². The highest BCUT2D eigenvalue weighted by atomic mass is 19.1. The minimum absolute atomic E-state index is 0.528. The maximum atomic E-state index is 13.5. The quantitative estimate of drug-likeness (QED) is 0.250. The Kier molecular flexibility index (Phi) is 8.80. The first-order chi connectivity index (χ1) is 16.3. The van der Waals surface area contributed by atoms with Crippen LogP contribution in [0, 0.1) is 12.9 Å². The maximum absolute atomic E-state index is 13.5. The number of hydrogen-bond acceptors (Lipinski definition) is 3. The molecule has 1 saturated heterocycles. The normalized spacial score (nSPS) is 15.1. The van der Waals surface area contributed by atoms with Crippen LogP contribution < -0.4 is 5.32 Å². The van der Waals surface area contributed by atoms with Gasteiger partial charge in [-0.25, -0.2) is 9.98 Å². The van der Waals surface area contributed by atoms with Gasteiger partial charge in [-0.05, 0) is 75.8 Å². The number of rotatable bonds is 8. The number of aromatic nitrogens is 1. The average Bonchev–Trinajstić information content (AvgIpc) is 2.83. The summed E-state index contributed by atoms with van der Waals surface area (Å²) in [7, 11) is 0. The molecule has 0 bridgehead atoms. The highest BCUT2D eigenvalue weighted by Gasteiger charge is 2.19. The topological polar surface area (TPSA) is 40.5 Å². The smallest absolute Gasteiger partial charge is 0.213 e. The Morgan fingerprint density at radius 1 is 1.12 bits per heavy atom. The van der Waals surface area contributed by atoms with Crippen LogP contribution in [0.1, 0.15) is 69.6 Å². The molecule has 0 saturated carbocycles. The molecule has 0 spiro atoms. The SMILES string of the molecule is C=C(Nc1ccc(C)c(C(=C)/N=C(\C(C)=C(/C)CCC)N2CCCCC2)c1)c1ccnc(F)c1. The number of hydrogen-bond donors (Lipinski definition) is 1. The molecular formula is C29H37FN4. The van der Waals surface area contributed by atoms with Crippen LogP contribution in [-0.2, 0) is 0 Å². The third-order valence-corrected chi connectivity index (χ3v) is 6.42. The second-order valence-corrected chi connectivity index (χ2v) is 9.09. The van der Waals surface area contributed by atoms with Crippen molar-refractivity contribution in [2.45, 2.75) is 59.8 Å². The molecule has 4 nitrogen and oxygen atoms in total. The predicted molar refractivity (Wildman–Crippen MR) is 143 cm³/mol. The maximum Gasteiger partial charge on any atom is 0.213 e. The summed E-state index contributed by atoms with van der Waals surface area (Å²) in [5.74, 6) is 0.518. The summed E-state index contributed by atoms with van der Waals surface area (Å²) in [6, 6.07) is 9.17. The fourth-order valence-corrected chi connectivity index (χ4v) is 4.29. The number of aryl methyl sites for hydroxylation is 1. The molecule has 0 atom stereocenters. The van der Waals surface area contributed by atoms with Crippen LogP contribution in [0.15, 0.2) is 65.8 Å². The first kappa shape index (κ1) is 25.4. The Labute approximate surface area is 204 Å². The summed E-state index contributed by atoms with van der Waals surface area (Å²) in [5, 5.41) is 3.28. The fraction of sp³-hybridized carbons (Fsp3) is 0.379. The fourth-order valence-electron chi connectivity index (χ4n) is 4.29. The lowest BCUT2D eigenvalue weighted by atomic mass is 10.0. The van der Waals surface area contributed by atoms with Gasteiger partial charge in [0, 0.05) is 47.9 Å². The zero-order chi connectivity index (χ0) is 24.7. The monoisotopic (exact) mass is 460 g/mol. The molecule has 0 amide bonds. The molecule has 1 aromatic heterocycles. The first-order valence-corrected chi connectivity index (χ1v) is 12.2. The number of nitrogens with one attached hydrogen (secondary N) is 1. The van der Waals surface area contributed by atoms with E-state index in [0.717, 1.165) is 54.3 Å². The van der Waals surface area contributed by atoms with Crippen molar-refractivity contribution in [3.05, 3.63) is 83.5 Å². The van der Waals surface area contributed by atoms with Crippen LogP contribution >= 0.6 is 0 Å². The molecule has 0 unspecified atom stereocenters. The number of piperidine rings is 1. The Morgan fingerprint density at radius 3 is 2.53 bits per heavy atom. The van der Waals surface area contributed by atoms with Gasteiger partial charge in [0.05, 0.1) is 5.70 Å². The van der Waals surface area contributed by atoms with Crippen LogP contribution in [0.2, 0.25) is 0 Å². The molecule has 1 aliphatic rings. The van der Waals surface area contributed by atoms with E-state index >= 15 is 0 Å². The van der Waals surface area contributed by atoms with Crippen molar-refractivity contribution in [2.75, 3.05) is 18.4 Å². The van der Waals surface area contributed by atoms with Gasteiger partial charge in [0.15, 0.2) is 0 Å². The molecule has 3 rings (SSSR count). The number of pyridine rings is 1. The van der Waals surface area contributed by atoms with Crippen LogP contribution in [0.5, 0.6) is 0 Å². The molecule has 180 valence electrons. The number of benzene rings is 1. The molecule has 1 N–H and O–H groups in total. The number of aliphatic imine (C=N–C) groups is 1. The average molecular weight is 461 g/mol. The summed E-state index contributed by atoms with van der Waals surface area (Å²) in [5.41, 5.74) is 7.58. The molecule has 0 radical (unpaired) electrons. The summed E-state index contributed by atoms with van der Waals surface area (Å²) >= 11 is 0. The van der Waals surface area contributed by atoms with Gasteiger partial charge < -0.3 is 10.2 Å². The molecule has 2 heterocycles. The highest BCUT2D eigenvalue weighted by Crippen LogP contribution is 2.27. The molecular weight excluding hydrogens is 423 g/mol. The number of likely N-dealkylation sites (tertiary alicyclic amines) is 1. The Balaban J connectivity index is 1.91. The summed E-state index contributed by atoms with van der Waals surface area (Å²) < 4.78 is 13.5. The zero-order valence-corrected chi connectivity index (χ0v) is 21.0. The molecule has 5 heteroatoms. The molecule has 1 aromatic carbocycles. The van der Waals surface area contributed by atoms with Crippen molar-refractivity contribution >= 4 is 22.9 Å². The largest absolute Gasteiger partial charge is 0.356 e. The predicted octanol–water partition coefficient (Wildman–Crippen LogP) is 7.60. The first-order valence-electron chi connectivity index (χ1n) is 12.2. The lowest BCUT2D eigenvalue weighted by Crippen LogP contribution is -2.36. The van der Waals surface area contributed by atoms with Crippen LogP contribution in [0.25, 0.3) is 11.4 Å². The van der Waals surface area contributed by atoms with Gasteiger partial charge in [0.1, 0.15) is 5.84 Å². The van der Waals surface area contributed by atoms with Crippen LogP contribution in [-0.4, -0.2) is 28.8 Å². The van der Waals surface area contributed by atoms with E-state index in [-0.39, 0.29) is 0 Å². The minimum Gasteiger partial charge on any atom is -0.356 e. The van der Waals surface area contributed by atoms with E-state index in [1.54, 1.807) is 6.07 Å². The van der Waals surface area contributed by atoms with Crippen LogP contribution in [0.4, 0.5) is 10.1 Å². The molecule has 1 fully saturated rings. The third-order valence-electron chi connectivity index (χ3n) is 6.42. The van der Waals surface area contributed by atoms with E-state index in [4.69, 9.17) is 4.99 Å². The minimum atomic E-state index is -0.528. The number of halogens is 1. The zero-order valence-electron chi connectivity index (χ0n) is 21.0. The third kappa shape index (κ3) is 6.43. The van der Waals surface area contributed by atoms with Gasteiger partial charge in [0.25, 0.3) is 0 Å². The summed E-state index contributed by atoms with van der Waals surface area (Å²) in [6.07, 6.45) is 7.30. The van der Waals surface area contributed by atoms with E-state index < -0.39 is 5.95 Å². The van der Waals surface area contributed by atoms with Gasteiger partial charge in [-0.2, -0.15) is 4.39 Å². The summed E-state index contributed by atoms with van der Waals surface area (Å²) in [6.45, 7) is 19.2. The number of nitrogens with zero attached hydrogens (tertiary/aromatic N) is 3. The van der Waals surface area contributed by atoms with E-state index in [1.165, 1.54) is 42.7 Å². The second-order valence-electron chi connectivity index (χ2n) is 9.09. The second kappa shape index (κ2) is 11.8. The standard InChI is InChI=1S/C29H37FN4/c1-7-11-20(2)22(4)29(34-16-9-8-10-17-34)33-24(6)27-19-26(13-12-21(27)3)32-23(5)25-14-15-31-28(30)18-25/h12-15,18-19,32H,5-11,16-17H2,1-4H3/b22-20+,33-29+. The Bertz CT molecular complexity index is 1110. The van der Waals surface area contributed by atoms with E-state index in [0.29, 0.717) is 11.3 Å². The van der Waals surface area contributed by atoms with Crippen molar-refractivity contribution in [1.29, 1.82) is 0 Å². The molecule has 1 aliphatic heterocycles. The van der Waals surface area contributed by atoms with Gasteiger partial charge in [0.2, 0.25) is 5.95 Å². The van der Waals surface area contributed by atoms with E-state index in [2.05, 4.69) is 56.1 Å². The van der Waals surface area contributed by atoms with Crippen molar-refractivity contribution in [2.24, 2.45) is 4.99 Å². The number of amidine groups is 1. The number of allylic oxidation sites excluding steroid dienone is 1. The summed E-state index contributed by atoms with van der Waals surface area (Å²) in [4.78, 5) is 11.1. The van der Waals surface area contributed by atoms with Gasteiger partial charge in [-0.3, -0.25) is 0 Å². The van der Waals surface area contributed by atoms with Crippen molar-refractivity contribution in [3.8, 4) is 0 Å². The lowest BCUT2D eigenvalue weighted by Gasteiger charge is -2.31. The van der Waals surface area contributed by atoms with E-state index in [1.807, 2.05) is 18.2 Å². The van der Waals surface area contributed by atoms with Crippen LogP contribution in [0.3, 0.4) is 0 Å². The Morgan fingerprint density at radius 2 is 1.85 bits per heavy atom. The molecule has 0 aliphatic carbocycles. The van der Waals surface area contributed by atoms with Gasteiger partial charge in [-0.1, -0.05) is 38.1 Å².